The molecule has 2 aromatic rings. The number of aromatic nitrogens is 4. The van der Waals surface area contributed by atoms with Gasteiger partial charge in [0.05, 0.1) is 0 Å². The van der Waals surface area contributed by atoms with E-state index < -0.39 is 12.0 Å². The van der Waals surface area contributed by atoms with Crippen LogP contribution in [-0.4, -0.2) is 57.4 Å². The standard InChI is InChI=1S/C14H19F3N6/c1-10(2)9-21-5-7-22(8-6-21)12-4-3-11-18-19-13(14(15,16)17)23(11)20-12/h3-4,10H,5-9H2,1-2H3. The molecule has 0 N–H and O–H groups in total. The number of anilines is 1. The van der Waals surface area contributed by atoms with Crippen LogP contribution in [0.4, 0.5) is 19.0 Å². The highest BCUT2D eigenvalue weighted by Crippen LogP contribution is 2.28. The van der Waals surface area contributed by atoms with Gasteiger partial charge in [0.2, 0.25) is 0 Å². The molecule has 0 unspecified atom stereocenters. The minimum atomic E-state index is -4.57. The van der Waals surface area contributed by atoms with Crippen molar-refractivity contribution in [2.45, 2.75) is 20.0 Å². The van der Waals surface area contributed by atoms with Crippen LogP contribution in [0, 0.1) is 5.92 Å². The lowest BCUT2D eigenvalue weighted by molar-refractivity contribution is -0.146. The Bertz CT molecular complexity index is 673. The van der Waals surface area contributed by atoms with E-state index in [1.54, 1.807) is 6.07 Å². The van der Waals surface area contributed by atoms with E-state index in [2.05, 4.69) is 34.0 Å². The van der Waals surface area contributed by atoms with Gasteiger partial charge in [0.25, 0.3) is 5.82 Å². The molecule has 3 heterocycles. The van der Waals surface area contributed by atoms with Gasteiger partial charge in [-0.25, -0.2) is 0 Å². The Morgan fingerprint density at radius 3 is 2.39 bits per heavy atom. The van der Waals surface area contributed by atoms with Gasteiger partial charge in [-0.05, 0) is 18.1 Å². The van der Waals surface area contributed by atoms with Crippen molar-refractivity contribution in [3.63, 3.8) is 0 Å². The molecule has 9 heteroatoms. The monoisotopic (exact) mass is 328 g/mol. The molecule has 1 saturated heterocycles. The summed E-state index contributed by atoms with van der Waals surface area (Å²) in [5.41, 5.74) is 0.0968. The maximum Gasteiger partial charge on any atom is 0.453 e. The number of rotatable bonds is 3. The SMILES string of the molecule is CC(C)CN1CCN(c2ccc3nnc(C(F)(F)F)n3n2)CC1. The predicted molar refractivity (Wildman–Crippen MR) is 79.3 cm³/mol. The normalized spacial score (nSPS) is 17.4. The van der Waals surface area contributed by atoms with Crippen LogP contribution in [-0.2, 0) is 6.18 Å². The van der Waals surface area contributed by atoms with Crippen LogP contribution in [0.15, 0.2) is 12.1 Å². The summed E-state index contributed by atoms with van der Waals surface area (Å²) in [6.07, 6.45) is -4.57. The minimum Gasteiger partial charge on any atom is -0.353 e. The van der Waals surface area contributed by atoms with Gasteiger partial charge >= 0.3 is 6.18 Å². The summed E-state index contributed by atoms with van der Waals surface area (Å²) in [5, 5.41) is 10.8. The topological polar surface area (TPSA) is 49.6 Å². The van der Waals surface area contributed by atoms with E-state index in [-0.39, 0.29) is 5.65 Å². The fourth-order valence-electron chi connectivity index (χ4n) is 2.80. The van der Waals surface area contributed by atoms with Gasteiger partial charge in [0.1, 0.15) is 5.82 Å². The van der Waals surface area contributed by atoms with Gasteiger partial charge in [-0.3, -0.25) is 4.90 Å². The first kappa shape index (κ1) is 16.0. The second kappa shape index (κ2) is 5.95. The summed E-state index contributed by atoms with van der Waals surface area (Å²) in [7, 11) is 0. The molecular formula is C14H19F3N6. The highest BCUT2D eigenvalue weighted by molar-refractivity contribution is 5.46. The van der Waals surface area contributed by atoms with E-state index in [1.165, 1.54) is 6.07 Å². The smallest absolute Gasteiger partial charge is 0.353 e. The molecule has 0 saturated carbocycles. The molecule has 0 aromatic carbocycles. The number of hydrogen-bond donors (Lipinski definition) is 0. The summed E-state index contributed by atoms with van der Waals surface area (Å²) in [5.74, 6) is 0.0298. The fraction of sp³-hybridized carbons (Fsp3) is 0.643. The van der Waals surface area contributed by atoms with E-state index in [0.29, 0.717) is 11.7 Å². The van der Waals surface area contributed by atoms with E-state index in [9.17, 15) is 13.2 Å². The van der Waals surface area contributed by atoms with Crippen molar-refractivity contribution in [2.75, 3.05) is 37.6 Å². The zero-order valence-corrected chi connectivity index (χ0v) is 13.1. The van der Waals surface area contributed by atoms with Crippen LogP contribution in [0.2, 0.25) is 0 Å². The molecule has 1 aliphatic rings. The number of alkyl halides is 3. The molecule has 0 amide bonds. The second-order valence-electron chi connectivity index (χ2n) is 6.16. The minimum absolute atomic E-state index is 0.0968. The third kappa shape index (κ3) is 3.39. The van der Waals surface area contributed by atoms with E-state index >= 15 is 0 Å². The van der Waals surface area contributed by atoms with Crippen molar-refractivity contribution < 1.29 is 13.2 Å². The largest absolute Gasteiger partial charge is 0.453 e. The van der Waals surface area contributed by atoms with Gasteiger partial charge in [0, 0.05) is 32.7 Å². The Labute approximate surface area is 131 Å². The van der Waals surface area contributed by atoms with Crippen LogP contribution in [0.5, 0.6) is 0 Å². The van der Waals surface area contributed by atoms with Crippen molar-refractivity contribution in [2.24, 2.45) is 5.92 Å². The maximum atomic E-state index is 12.9. The molecule has 23 heavy (non-hydrogen) atoms. The second-order valence-corrected chi connectivity index (χ2v) is 6.16. The first-order valence-electron chi connectivity index (χ1n) is 7.61. The Morgan fingerprint density at radius 2 is 1.78 bits per heavy atom. The van der Waals surface area contributed by atoms with Gasteiger partial charge in [-0.15, -0.1) is 15.3 Å². The number of nitrogens with zero attached hydrogens (tertiary/aromatic N) is 6. The van der Waals surface area contributed by atoms with Crippen LogP contribution >= 0.6 is 0 Å². The van der Waals surface area contributed by atoms with Crippen LogP contribution < -0.4 is 4.90 Å². The number of fused-ring (bicyclic) bond motifs is 1. The summed E-state index contributed by atoms with van der Waals surface area (Å²) in [6, 6.07) is 3.22. The molecule has 2 aromatic heterocycles. The molecule has 0 aliphatic carbocycles. The zero-order valence-electron chi connectivity index (χ0n) is 13.1. The molecule has 6 nitrogen and oxygen atoms in total. The third-order valence-corrected chi connectivity index (χ3v) is 3.82. The Morgan fingerprint density at radius 1 is 1.09 bits per heavy atom. The van der Waals surface area contributed by atoms with E-state index in [4.69, 9.17) is 0 Å². The van der Waals surface area contributed by atoms with Crippen molar-refractivity contribution in [3.05, 3.63) is 18.0 Å². The lowest BCUT2D eigenvalue weighted by Gasteiger charge is -2.36. The fourth-order valence-corrected chi connectivity index (χ4v) is 2.80. The van der Waals surface area contributed by atoms with Crippen LogP contribution in [0.1, 0.15) is 19.7 Å². The number of piperazine rings is 1. The van der Waals surface area contributed by atoms with E-state index in [0.717, 1.165) is 37.2 Å². The van der Waals surface area contributed by atoms with Crippen molar-refractivity contribution in [3.8, 4) is 0 Å². The summed E-state index contributed by atoms with van der Waals surface area (Å²) in [6.45, 7) is 8.63. The van der Waals surface area contributed by atoms with Gasteiger partial charge in [0.15, 0.2) is 5.65 Å². The maximum absolute atomic E-state index is 12.9. The molecule has 126 valence electrons. The first-order valence-corrected chi connectivity index (χ1v) is 7.61. The zero-order chi connectivity index (χ0) is 16.6. The molecule has 3 rings (SSSR count). The molecule has 0 atom stereocenters. The van der Waals surface area contributed by atoms with Crippen LogP contribution in [0.3, 0.4) is 0 Å². The first-order chi connectivity index (χ1) is 10.8. The highest BCUT2D eigenvalue weighted by Gasteiger charge is 2.37. The van der Waals surface area contributed by atoms with Crippen molar-refractivity contribution in [1.29, 1.82) is 0 Å². The molecule has 1 fully saturated rings. The highest BCUT2D eigenvalue weighted by atomic mass is 19.4. The molecule has 0 radical (unpaired) electrons. The number of hydrogen-bond acceptors (Lipinski definition) is 5. The van der Waals surface area contributed by atoms with E-state index in [1.807, 2.05) is 4.90 Å². The van der Waals surface area contributed by atoms with Crippen molar-refractivity contribution >= 4 is 11.5 Å². The van der Waals surface area contributed by atoms with Gasteiger partial charge < -0.3 is 4.90 Å². The quantitative estimate of drug-likeness (QED) is 0.862. The summed E-state index contributed by atoms with van der Waals surface area (Å²) < 4.78 is 39.5. The Kier molecular flexibility index (Phi) is 4.13. The number of halogens is 3. The lowest BCUT2D eigenvalue weighted by Crippen LogP contribution is -2.47. The Hall–Kier alpha value is -1.90. The van der Waals surface area contributed by atoms with Gasteiger partial charge in [-0.1, -0.05) is 13.8 Å². The Balaban J connectivity index is 1.79. The predicted octanol–water partition coefficient (Wildman–Crippen LogP) is 1.92. The lowest BCUT2D eigenvalue weighted by atomic mass is 10.2. The third-order valence-electron chi connectivity index (χ3n) is 3.82. The molecule has 1 aliphatic heterocycles. The molecular weight excluding hydrogens is 309 g/mol. The average Bonchev–Trinajstić information content (AvgIpc) is 2.90. The summed E-state index contributed by atoms with van der Waals surface area (Å²) in [4.78, 5) is 4.36. The van der Waals surface area contributed by atoms with Crippen LogP contribution in [0.25, 0.3) is 5.65 Å². The summed E-state index contributed by atoms with van der Waals surface area (Å²) >= 11 is 0. The van der Waals surface area contributed by atoms with Crippen molar-refractivity contribution in [1.82, 2.24) is 24.7 Å². The molecule has 0 bridgehead atoms. The van der Waals surface area contributed by atoms with Gasteiger partial charge in [-0.2, -0.15) is 17.7 Å². The average molecular weight is 328 g/mol. The molecule has 0 spiro atoms.